The van der Waals surface area contributed by atoms with Crippen LogP contribution in [0.5, 0.6) is 0 Å². The van der Waals surface area contributed by atoms with Crippen molar-refractivity contribution in [1.29, 1.82) is 0 Å². The largest absolute Gasteiger partial charge is 0.466 e. The number of hydrogen-bond donors (Lipinski definition) is 0. The molecule has 0 unspecified atom stereocenters. The summed E-state index contributed by atoms with van der Waals surface area (Å²) in [6.07, 6.45) is 2.80. The molecule has 0 aromatic carbocycles. The Labute approximate surface area is 145 Å². The van der Waals surface area contributed by atoms with E-state index in [1.165, 1.54) is 0 Å². The maximum absolute atomic E-state index is 12.6. The Morgan fingerprint density at radius 1 is 1.42 bits per heavy atom. The molecule has 0 aliphatic carbocycles. The van der Waals surface area contributed by atoms with Crippen molar-refractivity contribution < 1.29 is 18.7 Å². The van der Waals surface area contributed by atoms with Gasteiger partial charge in [-0.25, -0.2) is 0 Å². The second-order valence-corrected chi connectivity index (χ2v) is 12.5. The van der Waals surface area contributed by atoms with Gasteiger partial charge in [-0.2, -0.15) is 0 Å². The Bertz CT molecular complexity index is 556. The lowest BCUT2D eigenvalue weighted by Gasteiger charge is -2.39. The van der Waals surface area contributed by atoms with Gasteiger partial charge >= 0.3 is 5.97 Å². The van der Waals surface area contributed by atoms with E-state index in [0.29, 0.717) is 13.2 Å². The Morgan fingerprint density at radius 3 is 2.67 bits per heavy atom. The van der Waals surface area contributed by atoms with Gasteiger partial charge in [0.1, 0.15) is 5.92 Å². The molecule has 24 heavy (non-hydrogen) atoms. The first-order valence-electron chi connectivity index (χ1n) is 8.53. The molecule has 0 N–H and O–H groups in total. The lowest BCUT2D eigenvalue weighted by Crippen LogP contribution is -2.47. The summed E-state index contributed by atoms with van der Waals surface area (Å²) in [6, 6.07) is 3.78. The minimum atomic E-state index is -2.01. The molecule has 2 heterocycles. The lowest BCUT2D eigenvalue weighted by atomic mass is 9.94. The van der Waals surface area contributed by atoms with Crippen LogP contribution in [0.15, 0.2) is 24.5 Å². The standard InChI is InChI=1S/C18H29NO4Si/c1-7-21-17(20)15-14(23-24(5,6)18(2,3)4)12-22-16(15)13-9-8-10-19-11-13/h8-11,14-16H,7,12H2,1-6H3/t14-,15+,16-/m1/s1. The molecule has 134 valence electrons. The molecule has 1 aliphatic heterocycles. The highest BCUT2D eigenvalue weighted by molar-refractivity contribution is 6.74. The van der Waals surface area contributed by atoms with Crippen LogP contribution in [0.4, 0.5) is 0 Å². The highest BCUT2D eigenvalue weighted by Gasteiger charge is 2.49. The topological polar surface area (TPSA) is 57.7 Å². The summed E-state index contributed by atoms with van der Waals surface area (Å²) < 4.78 is 17.7. The van der Waals surface area contributed by atoms with Crippen molar-refractivity contribution in [2.75, 3.05) is 13.2 Å². The number of rotatable bonds is 5. The summed E-state index contributed by atoms with van der Waals surface area (Å²) in [5, 5.41) is 0.0681. The molecule has 0 bridgehead atoms. The van der Waals surface area contributed by atoms with Crippen molar-refractivity contribution in [3.05, 3.63) is 30.1 Å². The van der Waals surface area contributed by atoms with Crippen LogP contribution in [-0.4, -0.2) is 38.6 Å². The molecule has 1 aliphatic rings. The van der Waals surface area contributed by atoms with Crippen molar-refractivity contribution in [2.45, 2.75) is 58.0 Å². The third-order valence-corrected chi connectivity index (χ3v) is 9.50. The number of nitrogens with zero attached hydrogens (tertiary/aromatic N) is 1. The molecule has 0 radical (unpaired) electrons. The lowest BCUT2D eigenvalue weighted by molar-refractivity contribution is -0.152. The Hall–Kier alpha value is -1.24. The number of esters is 1. The number of pyridine rings is 1. The summed E-state index contributed by atoms with van der Waals surface area (Å²) in [5.74, 6) is -0.712. The molecular weight excluding hydrogens is 322 g/mol. The zero-order chi connectivity index (χ0) is 18.0. The number of aromatic nitrogens is 1. The van der Waals surface area contributed by atoms with E-state index in [2.05, 4.69) is 38.8 Å². The normalized spacial score (nSPS) is 24.8. The van der Waals surface area contributed by atoms with Gasteiger partial charge in [0, 0.05) is 18.0 Å². The molecule has 1 aromatic rings. The predicted octanol–water partition coefficient (Wildman–Crippen LogP) is 3.72. The second-order valence-electron chi connectivity index (χ2n) is 7.73. The average molecular weight is 352 g/mol. The average Bonchev–Trinajstić information content (AvgIpc) is 2.90. The monoisotopic (exact) mass is 351 g/mol. The number of carbonyl (C=O) groups excluding carboxylic acids is 1. The van der Waals surface area contributed by atoms with Crippen LogP contribution < -0.4 is 0 Å². The molecule has 0 spiro atoms. The summed E-state index contributed by atoms with van der Waals surface area (Å²) in [5.41, 5.74) is 0.886. The first-order chi connectivity index (χ1) is 11.2. The van der Waals surface area contributed by atoms with E-state index in [1.54, 1.807) is 12.4 Å². The van der Waals surface area contributed by atoms with Crippen LogP contribution in [0.1, 0.15) is 39.4 Å². The van der Waals surface area contributed by atoms with Crippen LogP contribution in [0.3, 0.4) is 0 Å². The fraction of sp³-hybridized carbons (Fsp3) is 0.667. The Kier molecular flexibility index (Phi) is 5.83. The van der Waals surface area contributed by atoms with Crippen molar-refractivity contribution >= 4 is 14.3 Å². The predicted molar refractivity (Wildman–Crippen MR) is 95.1 cm³/mol. The maximum Gasteiger partial charge on any atom is 0.314 e. The van der Waals surface area contributed by atoms with Gasteiger partial charge in [-0.1, -0.05) is 26.8 Å². The second kappa shape index (κ2) is 7.33. The quantitative estimate of drug-likeness (QED) is 0.598. The molecule has 6 heteroatoms. The zero-order valence-electron chi connectivity index (χ0n) is 15.5. The summed E-state index contributed by atoms with van der Waals surface area (Å²) in [7, 11) is -2.01. The van der Waals surface area contributed by atoms with E-state index in [-0.39, 0.29) is 23.2 Å². The maximum atomic E-state index is 12.6. The van der Waals surface area contributed by atoms with E-state index in [4.69, 9.17) is 13.9 Å². The Morgan fingerprint density at radius 2 is 2.12 bits per heavy atom. The van der Waals surface area contributed by atoms with Gasteiger partial charge in [-0.05, 0) is 31.1 Å². The number of ether oxygens (including phenoxy) is 2. The molecule has 1 fully saturated rings. The van der Waals surface area contributed by atoms with Gasteiger partial charge in [-0.15, -0.1) is 0 Å². The molecule has 0 saturated carbocycles. The highest BCUT2D eigenvalue weighted by Crippen LogP contribution is 2.43. The minimum absolute atomic E-state index is 0.0681. The fourth-order valence-electron chi connectivity index (χ4n) is 2.63. The zero-order valence-corrected chi connectivity index (χ0v) is 16.5. The smallest absolute Gasteiger partial charge is 0.314 e. The third kappa shape index (κ3) is 4.04. The molecule has 0 amide bonds. The van der Waals surface area contributed by atoms with Gasteiger partial charge in [0.25, 0.3) is 0 Å². The van der Waals surface area contributed by atoms with Gasteiger partial charge < -0.3 is 13.9 Å². The van der Waals surface area contributed by atoms with Gasteiger partial charge in [-0.3, -0.25) is 9.78 Å². The summed E-state index contributed by atoms with van der Waals surface area (Å²) >= 11 is 0. The van der Waals surface area contributed by atoms with Gasteiger partial charge in [0.2, 0.25) is 0 Å². The van der Waals surface area contributed by atoms with Gasteiger partial charge in [0.15, 0.2) is 8.32 Å². The summed E-state index contributed by atoms with van der Waals surface area (Å²) in [6.45, 7) is 13.5. The van der Waals surface area contributed by atoms with Crippen molar-refractivity contribution in [2.24, 2.45) is 5.92 Å². The number of carbonyl (C=O) groups is 1. The van der Waals surface area contributed by atoms with E-state index in [9.17, 15) is 4.79 Å². The first kappa shape index (κ1) is 19.1. The SMILES string of the molecule is CCOC(=O)[C@@H]1[C@@H](c2cccnc2)OC[C@H]1O[Si](C)(C)C(C)(C)C. The number of hydrogen-bond acceptors (Lipinski definition) is 5. The van der Waals surface area contributed by atoms with Crippen molar-refractivity contribution in [3.8, 4) is 0 Å². The van der Waals surface area contributed by atoms with Gasteiger partial charge in [0.05, 0.1) is 25.4 Å². The van der Waals surface area contributed by atoms with Crippen LogP contribution in [0, 0.1) is 5.92 Å². The van der Waals surface area contributed by atoms with E-state index in [1.807, 2.05) is 19.1 Å². The van der Waals surface area contributed by atoms with Crippen molar-refractivity contribution in [1.82, 2.24) is 4.98 Å². The molecule has 2 rings (SSSR count). The molecule has 1 saturated heterocycles. The molecular formula is C18H29NO4Si. The van der Waals surface area contributed by atoms with Crippen LogP contribution in [0.2, 0.25) is 18.1 Å². The van der Waals surface area contributed by atoms with Crippen LogP contribution in [0.25, 0.3) is 0 Å². The van der Waals surface area contributed by atoms with Crippen LogP contribution >= 0.6 is 0 Å². The third-order valence-electron chi connectivity index (χ3n) is 4.99. The molecule has 5 nitrogen and oxygen atoms in total. The highest BCUT2D eigenvalue weighted by atomic mass is 28.4. The fourth-order valence-corrected chi connectivity index (χ4v) is 3.95. The van der Waals surface area contributed by atoms with E-state index in [0.717, 1.165) is 5.56 Å². The molecule has 1 aromatic heterocycles. The first-order valence-corrected chi connectivity index (χ1v) is 11.4. The van der Waals surface area contributed by atoms with Crippen molar-refractivity contribution in [3.63, 3.8) is 0 Å². The molecule has 3 atom stereocenters. The summed E-state index contributed by atoms with van der Waals surface area (Å²) in [4.78, 5) is 16.7. The Balaban J connectivity index is 2.26. The van der Waals surface area contributed by atoms with Crippen LogP contribution in [-0.2, 0) is 18.7 Å². The van der Waals surface area contributed by atoms with E-state index >= 15 is 0 Å². The van der Waals surface area contributed by atoms with E-state index < -0.39 is 14.2 Å². The minimum Gasteiger partial charge on any atom is -0.466 e.